The second kappa shape index (κ2) is 6.05. The third-order valence-electron chi connectivity index (χ3n) is 4.05. The van der Waals surface area contributed by atoms with Crippen LogP contribution in [0.5, 0.6) is 0 Å². The van der Waals surface area contributed by atoms with Crippen molar-refractivity contribution in [1.82, 2.24) is 15.0 Å². The van der Waals surface area contributed by atoms with Crippen molar-refractivity contribution in [1.29, 1.82) is 0 Å². The van der Waals surface area contributed by atoms with E-state index < -0.39 is 0 Å². The molecule has 1 aliphatic rings. The molecular weight excluding hydrogens is 374 g/mol. The second-order valence-corrected chi connectivity index (χ2v) is 7.73. The van der Waals surface area contributed by atoms with E-state index in [1.807, 2.05) is 12.3 Å². The zero-order valence-electron chi connectivity index (χ0n) is 12.7. The van der Waals surface area contributed by atoms with Crippen LogP contribution in [0.15, 0.2) is 35.2 Å². The van der Waals surface area contributed by atoms with Crippen LogP contribution in [0.25, 0.3) is 10.2 Å². The molecule has 0 saturated carbocycles. The van der Waals surface area contributed by atoms with E-state index >= 15 is 0 Å². The highest BCUT2D eigenvalue weighted by Crippen LogP contribution is 2.30. The Kier molecular flexibility index (Phi) is 3.90. The molecule has 118 valence electrons. The molecule has 7 heteroatoms. The number of aryl methyl sites for hydroxylation is 1. The molecule has 0 spiro atoms. The number of nitrogens with zero attached hydrogens (tertiary/aromatic N) is 5. The number of fused-ring (bicyclic) bond motifs is 1. The van der Waals surface area contributed by atoms with Crippen LogP contribution in [0.4, 0.5) is 11.6 Å². The van der Waals surface area contributed by atoms with Crippen LogP contribution in [-0.2, 0) is 0 Å². The zero-order chi connectivity index (χ0) is 15.8. The van der Waals surface area contributed by atoms with Crippen molar-refractivity contribution >= 4 is 49.1 Å². The van der Waals surface area contributed by atoms with Gasteiger partial charge in [0.05, 0.1) is 5.39 Å². The van der Waals surface area contributed by atoms with Crippen molar-refractivity contribution in [3.05, 3.63) is 40.1 Å². The quantitative estimate of drug-likeness (QED) is 0.671. The minimum atomic E-state index is 0.943. The molecule has 0 N–H and O–H groups in total. The zero-order valence-corrected chi connectivity index (χ0v) is 15.1. The Morgan fingerprint density at radius 2 is 1.83 bits per heavy atom. The number of anilines is 2. The Labute approximate surface area is 147 Å². The molecule has 0 bridgehead atoms. The second-order valence-electron chi connectivity index (χ2n) is 5.58. The Hall–Kier alpha value is -1.73. The van der Waals surface area contributed by atoms with Crippen molar-refractivity contribution in [2.24, 2.45) is 0 Å². The highest BCUT2D eigenvalue weighted by atomic mass is 79.9. The van der Waals surface area contributed by atoms with Crippen LogP contribution >= 0.6 is 27.3 Å². The molecule has 3 aromatic rings. The third kappa shape index (κ3) is 2.90. The molecule has 3 aromatic heterocycles. The van der Waals surface area contributed by atoms with Crippen molar-refractivity contribution in [2.45, 2.75) is 6.92 Å². The SMILES string of the molecule is Cc1cc2c(N3CCN(c4ccc(Br)cn4)CC3)ncnc2s1. The van der Waals surface area contributed by atoms with Gasteiger partial charge >= 0.3 is 0 Å². The van der Waals surface area contributed by atoms with E-state index in [1.165, 1.54) is 10.3 Å². The predicted molar refractivity (Wildman–Crippen MR) is 98.5 cm³/mol. The summed E-state index contributed by atoms with van der Waals surface area (Å²) in [5.41, 5.74) is 0. The first-order valence-corrected chi connectivity index (χ1v) is 9.14. The lowest BCUT2D eigenvalue weighted by Gasteiger charge is -2.36. The molecule has 23 heavy (non-hydrogen) atoms. The molecule has 0 aliphatic carbocycles. The predicted octanol–water partition coefficient (Wildman–Crippen LogP) is 3.48. The molecule has 1 fully saturated rings. The summed E-state index contributed by atoms with van der Waals surface area (Å²) >= 11 is 5.16. The van der Waals surface area contributed by atoms with Gasteiger partial charge in [-0.25, -0.2) is 15.0 Å². The van der Waals surface area contributed by atoms with Crippen molar-refractivity contribution < 1.29 is 0 Å². The van der Waals surface area contributed by atoms with E-state index in [2.05, 4.69) is 59.7 Å². The van der Waals surface area contributed by atoms with Gasteiger partial charge in [-0.05, 0) is 41.1 Å². The van der Waals surface area contributed by atoms with E-state index in [0.717, 1.165) is 47.1 Å². The summed E-state index contributed by atoms with van der Waals surface area (Å²) in [5, 5.41) is 1.17. The summed E-state index contributed by atoms with van der Waals surface area (Å²) in [6, 6.07) is 6.29. The fourth-order valence-corrected chi connectivity index (χ4v) is 3.99. The average molecular weight is 390 g/mol. The van der Waals surface area contributed by atoms with Gasteiger partial charge in [-0.1, -0.05) is 0 Å². The Morgan fingerprint density at radius 3 is 2.57 bits per heavy atom. The summed E-state index contributed by atoms with van der Waals surface area (Å²) in [6.07, 6.45) is 3.53. The van der Waals surface area contributed by atoms with Gasteiger partial charge in [0.1, 0.15) is 22.8 Å². The maximum atomic E-state index is 4.53. The van der Waals surface area contributed by atoms with Crippen LogP contribution in [0, 0.1) is 6.92 Å². The molecule has 4 rings (SSSR count). The molecular formula is C16H16BrN5S. The number of rotatable bonds is 2. The Balaban J connectivity index is 1.53. The third-order valence-corrected chi connectivity index (χ3v) is 5.47. The maximum Gasteiger partial charge on any atom is 0.140 e. The lowest BCUT2D eigenvalue weighted by Crippen LogP contribution is -2.47. The molecule has 0 atom stereocenters. The topological polar surface area (TPSA) is 45.2 Å². The van der Waals surface area contributed by atoms with Gasteiger partial charge in [-0.15, -0.1) is 11.3 Å². The lowest BCUT2D eigenvalue weighted by atomic mass is 10.2. The summed E-state index contributed by atoms with van der Waals surface area (Å²) in [7, 11) is 0. The van der Waals surface area contributed by atoms with Crippen molar-refractivity contribution in [2.75, 3.05) is 36.0 Å². The van der Waals surface area contributed by atoms with Crippen LogP contribution in [-0.4, -0.2) is 41.1 Å². The summed E-state index contributed by atoms with van der Waals surface area (Å²) < 4.78 is 1.01. The van der Waals surface area contributed by atoms with E-state index in [9.17, 15) is 0 Å². The smallest absolute Gasteiger partial charge is 0.140 e. The molecule has 0 radical (unpaired) electrons. The lowest BCUT2D eigenvalue weighted by molar-refractivity contribution is 0.643. The van der Waals surface area contributed by atoms with Gasteiger partial charge < -0.3 is 9.80 Å². The van der Waals surface area contributed by atoms with Gasteiger partial charge in [-0.3, -0.25) is 0 Å². The number of thiophene rings is 1. The van der Waals surface area contributed by atoms with E-state index in [4.69, 9.17) is 0 Å². The van der Waals surface area contributed by atoms with Crippen molar-refractivity contribution in [3.63, 3.8) is 0 Å². The molecule has 0 amide bonds. The highest BCUT2D eigenvalue weighted by Gasteiger charge is 2.21. The Morgan fingerprint density at radius 1 is 1.04 bits per heavy atom. The molecule has 4 heterocycles. The molecule has 0 aromatic carbocycles. The minimum Gasteiger partial charge on any atom is -0.353 e. The van der Waals surface area contributed by atoms with Crippen molar-refractivity contribution in [3.8, 4) is 0 Å². The van der Waals surface area contributed by atoms with E-state index in [1.54, 1.807) is 17.7 Å². The first-order chi connectivity index (χ1) is 11.2. The van der Waals surface area contributed by atoms with Gasteiger partial charge in [0.25, 0.3) is 0 Å². The fraction of sp³-hybridized carbons (Fsp3) is 0.312. The summed E-state index contributed by atoms with van der Waals surface area (Å²) in [4.78, 5) is 20.4. The number of hydrogen-bond donors (Lipinski definition) is 0. The van der Waals surface area contributed by atoms with Gasteiger partial charge in [-0.2, -0.15) is 0 Å². The standard InChI is InChI=1S/C16H16BrN5S/c1-11-8-13-15(19-10-20-16(13)23-11)22-6-4-21(5-7-22)14-3-2-12(17)9-18-14/h2-3,8-10H,4-7H2,1H3. The number of piperazine rings is 1. The molecule has 1 saturated heterocycles. The number of pyridine rings is 1. The number of hydrogen-bond acceptors (Lipinski definition) is 6. The maximum absolute atomic E-state index is 4.53. The normalized spacial score (nSPS) is 15.4. The summed E-state index contributed by atoms with van der Waals surface area (Å²) in [5.74, 6) is 2.09. The number of aromatic nitrogens is 3. The summed E-state index contributed by atoms with van der Waals surface area (Å²) in [6.45, 7) is 5.90. The van der Waals surface area contributed by atoms with Crippen LogP contribution in [0.2, 0.25) is 0 Å². The molecule has 1 aliphatic heterocycles. The largest absolute Gasteiger partial charge is 0.353 e. The first kappa shape index (κ1) is 14.8. The van der Waals surface area contributed by atoms with E-state index in [-0.39, 0.29) is 0 Å². The van der Waals surface area contributed by atoms with Gasteiger partial charge in [0, 0.05) is 41.7 Å². The van der Waals surface area contributed by atoms with Gasteiger partial charge in [0.15, 0.2) is 0 Å². The van der Waals surface area contributed by atoms with Gasteiger partial charge in [0.2, 0.25) is 0 Å². The molecule has 5 nitrogen and oxygen atoms in total. The van der Waals surface area contributed by atoms with E-state index in [0.29, 0.717) is 0 Å². The fourth-order valence-electron chi connectivity index (χ4n) is 2.92. The first-order valence-electron chi connectivity index (χ1n) is 7.53. The molecule has 0 unspecified atom stereocenters. The van der Waals surface area contributed by atoms with Crippen LogP contribution in [0.3, 0.4) is 0 Å². The van der Waals surface area contributed by atoms with Crippen LogP contribution in [0.1, 0.15) is 4.88 Å². The monoisotopic (exact) mass is 389 g/mol. The average Bonchev–Trinajstić information content (AvgIpc) is 2.96. The minimum absolute atomic E-state index is 0.943. The number of halogens is 1. The highest BCUT2D eigenvalue weighted by molar-refractivity contribution is 9.10. The van der Waals surface area contributed by atoms with Crippen LogP contribution < -0.4 is 9.80 Å². The Bertz CT molecular complexity index is 824.